The van der Waals surface area contributed by atoms with Crippen LogP contribution in [-0.4, -0.2) is 34.1 Å². The van der Waals surface area contributed by atoms with E-state index >= 15 is 0 Å². The second kappa shape index (κ2) is 4.98. The first-order valence-electron chi connectivity index (χ1n) is 1.12. The van der Waals surface area contributed by atoms with Crippen molar-refractivity contribution in [3.63, 3.8) is 0 Å². The zero-order valence-corrected chi connectivity index (χ0v) is 4.76. The van der Waals surface area contributed by atoms with Gasteiger partial charge in [-0.2, -0.15) is 0 Å². The Morgan fingerprint density at radius 1 is 1.83 bits per heavy atom. The molecule has 0 aliphatic rings. The molecule has 0 aromatic rings. The summed E-state index contributed by atoms with van der Waals surface area (Å²) in [7, 11) is 0. The third kappa shape index (κ3) is 9.02. The topological polar surface area (TPSA) is 37.3 Å². The van der Waals surface area contributed by atoms with Crippen LogP contribution in [0, 0.1) is 0 Å². The maximum atomic E-state index is 9.25. The van der Waals surface area contributed by atoms with E-state index in [9.17, 15) is 4.79 Å². The van der Waals surface area contributed by atoms with Gasteiger partial charge in [-0.1, -0.05) is 6.58 Å². The summed E-state index contributed by atoms with van der Waals surface area (Å²) in [5.41, 5.74) is 0. The average Bonchev–Trinajstić information content (AvgIpc) is 1.38. The quantitative estimate of drug-likeness (QED) is 0.365. The minimum Gasteiger partial charge on any atom is -0.478 e. The molecule has 0 spiro atoms. The summed E-state index contributed by atoms with van der Waals surface area (Å²) < 4.78 is 0. The maximum Gasteiger partial charge on any atom is 2.00 e. The second-order valence-corrected chi connectivity index (χ2v) is 0.542. The van der Waals surface area contributed by atoms with Crippen LogP contribution in [0.5, 0.6) is 0 Å². The zero-order chi connectivity index (χ0) is 4.28. The number of rotatable bonds is 1. The molecule has 0 aromatic carbocycles. The first kappa shape index (κ1) is 9.36. The van der Waals surface area contributed by atoms with Crippen molar-refractivity contribution in [2.75, 3.05) is 0 Å². The molecule has 0 amide bonds. The summed E-state index contributed by atoms with van der Waals surface area (Å²) in [6.45, 7) is 2.96. The summed E-state index contributed by atoms with van der Waals surface area (Å²) >= 11 is 0. The SMILES string of the molecule is C=CC(=O)O.[Mg+2]. The van der Waals surface area contributed by atoms with Crippen molar-refractivity contribution in [2.24, 2.45) is 0 Å². The molecule has 6 heavy (non-hydrogen) atoms. The van der Waals surface area contributed by atoms with E-state index in [0.717, 1.165) is 6.08 Å². The van der Waals surface area contributed by atoms with E-state index in [1.54, 1.807) is 0 Å². The zero-order valence-electron chi connectivity index (χ0n) is 3.35. The Bertz CT molecular complexity index is 59.8. The smallest absolute Gasteiger partial charge is 0.478 e. The second-order valence-electron chi connectivity index (χ2n) is 0.542. The molecule has 0 aliphatic carbocycles. The van der Waals surface area contributed by atoms with E-state index < -0.39 is 5.97 Å². The van der Waals surface area contributed by atoms with Gasteiger partial charge in [-0.05, 0) is 0 Å². The van der Waals surface area contributed by atoms with Crippen LogP contribution in [-0.2, 0) is 4.79 Å². The van der Waals surface area contributed by atoms with E-state index in [2.05, 4.69) is 6.58 Å². The average molecular weight is 96.4 g/mol. The Morgan fingerprint density at radius 2 is 2.00 bits per heavy atom. The van der Waals surface area contributed by atoms with Crippen LogP contribution < -0.4 is 0 Å². The van der Waals surface area contributed by atoms with E-state index in [1.165, 1.54) is 0 Å². The Hall–Kier alpha value is -0.0238. The molecule has 3 heteroatoms. The van der Waals surface area contributed by atoms with Gasteiger partial charge in [-0.15, -0.1) is 0 Å². The number of carboxylic acid groups (broad SMARTS) is 1. The molecule has 0 rings (SSSR count). The van der Waals surface area contributed by atoms with Crippen LogP contribution in [0.1, 0.15) is 0 Å². The van der Waals surface area contributed by atoms with Gasteiger partial charge in [0, 0.05) is 6.08 Å². The van der Waals surface area contributed by atoms with Gasteiger partial charge >= 0.3 is 29.0 Å². The minimum absolute atomic E-state index is 0. The van der Waals surface area contributed by atoms with Crippen molar-refractivity contribution >= 4 is 29.0 Å². The van der Waals surface area contributed by atoms with Crippen molar-refractivity contribution in [3.8, 4) is 0 Å². The van der Waals surface area contributed by atoms with Gasteiger partial charge in [0.2, 0.25) is 0 Å². The number of carbonyl (C=O) groups is 1. The summed E-state index contributed by atoms with van der Waals surface area (Å²) in [6.07, 6.45) is 0.833. The number of carboxylic acids is 1. The molecule has 1 N–H and O–H groups in total. The van der Waals surface area contributed by atoms with Crippen molar-refractivity contribution in [2.45, 2.75) is 0 Å². The van der Waals surface area contributed by atoms with Crippen molar-refractivity contribution in [1.82, 2.24) is 0 Å². The number of hydrogen-bond donors (Lipinski definition) is 1. The predicted octanol–water partition coefficient (Wildman–Crippen LogP) is -0.124. The molecule has 0 aliphatic heterocycles. The maximum absolute atomic E-state index is 9.25. The fraction of sp³-hybridized carbons (Fsp3) is 0. The molecule has 0 atom stereocenters. The van der Waals surface area contributed by atoms with Crippen LogP contribution in [0.15, 0.2) is 12.7 Å². The first-order valence-corrected chi connectivity index (χ1v) is 1.12. The summed E-state index contributed by atoms with van der Waals surface area (Å²) in [4.78, 5) is 9.25. The normalized spacial score (nSPS) is 5.33. The summed E-state index contributed by atoms with van der Waals surface area (Å²) in [5.74, 6) is -0.981. The molecule has 0 aromatic heterocycles. The predicted molar refractivity (Wildman–Crippen MR) is 23.6 cm³/mol. The monoisotopic (exact) mass is 96.0 g/mol. The van der Waals surface area contributed by atoms with Crippen LogP contribution in [0.3, 0.4) is 0 Å². The molecule has 0 saturated heterocycles. The fourth-order valence-electron chi connectivity index (χ4n) is 0. The standard InChI is InChI=1S/C3H4O2.Mg/c1-2-3(4)5;/h2H,1H2,(H,4,5);/q;+2. The third-order valence-electron chi connectivity index (χ3n) is 0.175. The third-order valence-corrected chi connectivity index (χ3v) is 0.175. The first-order chi connectivity index (χ1) is 2.27. The molecule has 0 saturated carbocycles. The van der Waals surface area contributed by atoms with Crippen LogP contribution in [0.25, 0.3) is 0 Å². The molecule has 2 nitrogen and oxygen atoms in total. The van der Waals surface area contributed by atoms with E-state index in [1.807, 2.05) is 0 Å². The molecule has 0 unspecified atom stereocenters. The van der Waals surface area contributed by atoms with Gasteiger partial charge in [0.1, 0.15) is 0 Å². The molecule has 0 radical (unpaired) electrons. The van der Waals surface area contributed by atoms with Gasteiger partial charge in [-0.3, -0.25) is 0 Å². The number of hydrogen-bond acceptors (Lipinski definition) is 1. The van der Waals surface area contributed by atoms with E-state index in [4.69, 9.17) is 5.11 Å². The largest absolute Gasteiger partial charge is 2.00 e. The van der Waals surface area contributed by atoms with Gasteiger partial charge in [0.05, 0.1) is 0 Å². The Morgan fingerprint density at radius 3 is 2.00 bits per heavy atom. The van der Waals surface area contributed by atoms with Crippen molar-refractivity contribution in [3.05, 3.63) is 12.7 Å². The van der Waals surface area contributed by atoms with Crippen LogP contribution in [0.4, 0.5) is 0 Å². The molecule has 0 heterocycles. The molecule has 0 bridgehead atoms. The summed E-state index contributed by atoms with van der Waals surface area (Å²) in [6, 6.07) is 0. The van der Waals surface area contributed by atoms with Gasteiger partial charge in [0.15, 0.2) is 0 Å². The fourth-order valence-corrected chi connectivity index (χ4v) is 0. The molecule has 0 fully saturated rings. The Labute approximate surface area is 52.0 Å². The van der Waals surface area contributed by atoms with Crippen LogP contribution >= 0.6 is 0 Å². The van der Waals surface area contributed by atoms with Gasteiger partial charge in [-0.25, -0.2) is 4.79 Å². The van der Waals surface area contributed by atoms with Gasteiger partial charge < -0.3 is 5.11 Å². The van der Waals surface area contributed by atoms with Crippen LogP contribution in [0.2, 0.25) is 0 Å². The molecular formula is C3H4MgO2+2. The molecule has 28 valence electrons. The van der Waals surface area contributed by atoms with Crippen molar-refractivity contribution < 1.29 is 9.90 Å². The van der Waals surface area contributed by atoms with Gasteiger partial charge in [0.25, 0.3) is 0 Å². The molecular weight excluding hydrogens is 92.3 g/mol. The summed E-state index contributed by atoms with van der Waals surface area (Å²) in [5, 5.41) is 7.60. The minimum atomic E-state index is -0.981. The van der Waals surface area contributed by atoms with Crippen molar-refractivity contribution in [1.29, 1.82) is 0 Å². The number of aliphatic carboxylic acids is 1. The van der Waals surface area contributed by atoms with E-state index in [0.29, 0.717) is 0 Å². The Balaban J connectivity index is 0. The Kier molecular flexibility index (Phi) is 7.76. The van der Waals surface area contributed by atoms with E-state index in [-0.39, 0.29) is 23.1 Å².